The predicted molar refractivity (Wildman–Crippen MR) is 73.3 cm³/mol. The first-order chi connectivity index (χ1) is 8.18. The summed E-state index contributed by atoms with van der Waals surface area (Å²) in [5, 5.41) is 0. The third-order valence-corrected chi connectivity index (χ3v) is 3.55. The minimum absolute atomic E-state index is 0.239. The quantitative estimate of drug-likeness (QED) is 0.779. The predicted octanol–water partition coefficient (Wildman–Crippen LogP) is 1.78. The highest BCUT2D eigenvalue weighted by Gasteiger charge is 2.44. The molecule has 2 atom stereocenters. The van der Waals surface area contributed by atoms with Gasteiger partial charge in [0.15, 0.2) is 0 Å². The summed E-state index contributed by atoms with van der Waals surface area (Å²) in [6.45, 7) is 9.90. The van der Waals surface area contributed by atoms with Crippen molar-refractivity contribution >= 4 is 5.97 Å². The summed E-state index contributed by atoms with van der Waals surface area (Å²) in [5.74, 6) is -0.239. The second-order valence-electron chi connectivity index (χ2n) is 6.75. The fraction of sp³-hybridized carbons (Fsp3) is 0.929. The van der Waals surface area contributed by atoms with E-state index in [0.29, 0.717) is 19.1 Å². The van der Waals surface area contributed by atoms with E-state index in [-0.39, 0.29) is 11.4 Å². The van der Waals surface area contributed by atoms with Gasteiger partial charge in [0.25, 0.3) is 0 Å². The lowest BCUT2D eigenvalue weighted by atomic mass is 9.94. The van der Waals surface area contributed by atoms with Crippen LogP contribution in [0.1, 0.15) is 47.0 Å². The molecule has 1 rings (SSSR count). The summed E-state index contributed by atoms with van der Waals surface area (Å²) in [4.78, 5) is 14.2. The standard InChI is InChI=1S/C14H28N2O2/c1-6-18-12(17)14(15)8-7-11(9-14)16(5)10-13(2,3)4/h11H,6-10,15H2,1-5H3. The third kappa shape index (κ3) is 3.95. The van der Waals surface area contributed by atoms with Crippen LogP contribution in [0.2, 0.25) is 0 Å². The summed E-state index contributed by atoms with van der Waals surface area (Å²) < 4.78 is 5.08. The van der Waals surface area contributed by atoms with Crippen LogP contribution < -0.4 is 5.73 Å². The lowest BCUT2D eigenvalue weighted by Crippen LogP contribution is -2.48. The van der Waals surface area contributed by atoms with E-state index in [1.165, 1.54) is 0 Å². The number of hydrogen-bond donors (Lipinski definition) is 1. The lowest BCUT2D eigenvalue weighted by molar-refractivity contribution is -0.149. The molecule has 0 aliphatic heterocycles. The second kappa shape index (κ2) is 5.57. The Morgan fingerprint density at radius 3 is 2.61 bits per heavy atom. The van der Waals surface area contributed by atoms with E-state index in [4.69, 9.17) is 10.5 Å². The molecule has 1 saturated carbocycles. The van der Waals surface area contributed by atoms with Crippen LogP contribution in [0, 0.1) is 5.41 Å². The van der Waals surface area contributed by atoms with E-state index >= 15 is 0 Å². The Morgan fingerprint density at radius 2 is 2.11 bits per heavy atom. The summed E-state index contributed by atoms with van der Waals surface area (Å²) in [5.41, 5.74) is 5.67. The Labute approximate surface area is 111 Å². The van der Waals surface area contributed by atoms with E-state index in [2.05, 4.69) is 32.7 Å². The van der Waals surface area contributed by atoms with Gasteiger partial charge >= 0.3 is 5.97 Å². The van der Waals surface area contributed by atoms with Crippen LogP contribution in [-0.2, 0) is 9.53 Å². The first-order valence-corrected chi connectivity index (χ1v) is 6.84. The smallest absolute Gasteiger partial charge is 0.326 e. The van der Waals surface area contributed by atoms with E-state index in [0.717, 1.165) is 19.4 Å². The number of rotatable bonds is 4. The first-order valence-electron chi connectivity index (χ1n) is 6.84. The molecular weight excluding hydrogens is 228 g/mol. The molecule has 2 unspecified atom stereocenters. The maximum absolute atomic E-state index is 11.9. The molecule has 0 saturated heterocycles. The Hall–Kier alpha value is -0.610. The van der Waals surface area contributed by atoms with Crippen LogP contribution >= 0.6 is 0 Å². The molecule has 0 spiro atoms. The zero-order valence-electron chi connectivity index (χ0n) is 12.5. The Morgan fingerprint density at radius 1 is 1.50 bits per heavy atom. The van der Waals surface area contributed by atoms with Gasteiger partial charge in [-0.1, -0.05) is 20.8 Å². The van der Waals surface area contributed by atoms with Crippen LogP contribution in [0.15, 0.2) is 0 Å². The molecule has 0 amide bonds. The van der Waals surface area contributed by atoms with Crippen molar-refractivity contribution in [3.63, 3.8) is 0 Å². The second-order valence-corrected chi connectivity index (χ2v) is 6.75. The van der Waals surface area contributed by atoms with E-state index in [9.17, 15) is 4.79 Å². The Kier molecular flexibility index (Phi) is 4.78. The first kappa shape index (κ1) is 15.4. The number of ether oxygens (including phenoxy) is 1. The van der Waals surface area contributed by atoms with Gasteiger partial charge in [0.2, 0.25) is 0 Å². The van der Waals surface area contributed by atoms with Gasteiger partial charge in [-0.2, -0.15) is 0 Å². The average molecular weight is 256 g/mol. The normalized spacial score (nSPS) is 28.7. The van der Waals surface area contributed by atoms with Crippen molar-refractivity contribution in [1.29, 1.82) is 0 Å². The fourth-order valence-electron chi connectivity index (χ4n) is 2.76. The summed E-state index contributed by atoms with van der Waals surface area (Å²) >= 11 is 0. The molecule has 0 aromatic heterocycles. The van der Waals surface area contributed by atoms with Gasteiger partial charge in [-0.05, 0) is 38.6 Å². The number of nitrogens with two attached hydrogens (primary N) is 1. The monoisotopic (exact) mass is 256 g/mol. The van der Waals surface area contributed by atoms with E-state index < -0.39 is 5.54 Å². The molecule has 0 aromatic carbocycles. The molecule has 4 nitrogen and oxygen atoms in total. The highest BCUT2D eigenvalue weighted by Crippen LogP contribution is 2.33. The summed E-state index contributed by atoms with van der Waals surface area (Å²) in [6.07, 6.45) is 2.41. The van der Waals surface area contributed by atoms with Crippen molar-refractivity contribution in [2.24, 2.45) is 11.1 Å². The lowest BCUT2D eigenvalue weighted by Gasteiger charge is -2.32. The maximum atomic E-state index is 11.9. The van der Waals surface area contributed by atoms with Crippen molar-refractivity contribution in [2.75, 3.05) is 20.2 Å². The zero-order valence-corrected chi connectivity index (χ0v) is 12.5. The number of carbonyl (C=O) groups is 1. The van der Waals surface area contributed by atoms with Crippen LogP contribution in [-0.4, -0.2) is 42.6 Å². The largest absolute Gasteiger partial charge is 0.465 e. The van der Waals surface area contributed by atoms with Gasteiger partial charge < -0.3 is 15.4 Å². The van der Waals surface area contributed by atoms with E-state index in [1.54, 1.807) is 0 Å². The van der Waals surface area contributed by atoms with Crippen molar-refractivity contribution in [2.45, 2.75) is 58.5 Å². The van der Waals surface area contributed by atoms with Crippen molar-refractivity contribution < 1.29 is 9.53 Å². The number of carbonyl (C=O) groups excluding carboxylic acids is 1. The molecule has 1 aliphatic rings. The number of esters is 1. The molecule has 0 radical (unpaired) electrons. The summed E-state index contributed by atoms with van der Waals surface area (Å²) in [7, 11) is 2.12. The van der Waals surface area contributed by atoms with Gasteiger partial charge in [-0.15, -0.1) is 0 Å². The van der Waals surface area contributed by atoms with Gasteiger partial charge in [0.05, 0.1) is 6.61 Å². The van der Waals surface area contributed by atoms with E-state index in [1.807, 2.05) is 6.92 Å². The van der Waals surface area contributed by atoms with Gasteiger partial charge in [0.1, 0.15) is 5.54 Å². The SMILES string of the molecule is CCOC(=O)C1(N)CCC(N(C)CC(C)(C)C)C1. The number of nitrogens with zero attached hydrogens (tertiary/aromatic N) is 1. The molecule has 2 N–H and O–H groups in total. The van der Waals surface area contributed by atoms with Crippen molar-refractivity contribution in [3.8, 4) is 0 Å². The fourth-order valence-corrected chi connectivity index (χ4v) is 2.76. The molecule has 1 aliphatic carbocycles. The topological polar surface area (TPSA) is 55.6 Å². The van der Waals surface area contributed by atoms with Crippen molar-refractivity contribution in [1.82, 2.24) is 4.90 Å². The Bertz CT molecular complexity index is 299. The third-order valence-electron chi connectivity index (χ3n) is 3.55. The van der Waals surface area contributed by atoms with Gasteiger partial charge in [-0.25, -0.2) is 0 Å². The molecule has 1 fully saturated rings. The molecule has 18 heavy (non-hydrogen) atoms. The van der Waals surface area contributed by atoms with Crippen LogP contribution in [0.3, 0.4) is 0 Å². The maximum Gasteiger partial charge on any atom is 0.326 e. The highest BCUT2D eigenvalue weighted by atomic mass is 16.5. The minimum Gasteiger partial charge on any atom is -0.465 e. The zero-order chi connectivity index (χ0) is 14.0. The molecule has 0 aromatic rings. The highest BCUT2D eigenvalue weighted by molar-refractivity contribution is 5.81. The van der Waals surface area contributed by atoms with Crippen LogP contribution in [0.5, 0.6) is 0 Å². The van der Waals surface area contributed by atoms with Gasteiger partial charge in [0, 0.05) is 12.6 Å². The summed E-state index contributed by atoms with van der Waals surface area (Å²) in [6, 6.07) is 0.388. The molecule has 0 bridgehead atoms. The van der Waals surface area contributed by atoms with Crippen molar-refractivity contribution in [3.05, 3.63) is 0 Å². The van der Waals surface area contributed by atoms with Gasteiger partial charge in [-0.3, -0.25) is 4.79 Å². The minimum atomic E-state index is -0.771. The average Bonchev–Trinajstić information content (AvgIpc) is 2.60. The molecule has 0 heterocycles. The molecule has 106 valence electrons. The number of hydrogen-bond acceptors (Lipinski definition) is 4. The Balaban J connectivity index is 2.57. The van der Waals surface area contributed by atoms with Crippen LogP contribution in [0.4, 0.5) is 0 Å². The molecule has 4 heteroatoms. The molecular formula is C14H28N2O2. The van der Waals surface area contributed by atoms with Crippen LogP contribution in [0.25, 0.3) is 0 Å².